The Kier molecular flexibility index (Phi) is 4.40. The molecule has 0 radical (unpaired) electrons. The number of hydrogen-bond donors (Lipinski definition) is 1. The van der Waals surface area contributed by atoms with Crippen molar-refractivity contribution in [3.8, 4) is 0 Å². The van der Waals surface area contributed by atoms with Crippen LogP contribution >= 0.6 is 0 Å². The van der Waals surface area contributed by atoms with Crippen molar-refractivity contribution in [1.82, 2.24) is 0 Å². The van der Waals surface area contributed by atoms with Crippen LogP contribution in [-0.2, 0) is 18.5 Å². The maximum atomic E-state index is 13.0. The van der Waals surface area contributed by atoms with E-state index in [4.69, 9.17) is 0 Å². The molecule has 0 spiro atoms. The Balaban J connectivity index is 4.02. The first-order valence-corrected chi connectivity index (χ1v) is 8.53. The first-order valence-electron chi connectivity index (χ1n) is 5.59. The molecule has 0 unspecified atom stereocenters. The standard InChI is InChI=1S/C11H9F9OSi/c1-22(2,21)6-4-3-5(9(12,13)14)7(10(15,16)17)8(6)11(18,19)20/h3-4,21H,1-2H3. The van der Waals surface area contributed by atoms with E-state index in [1.165, 1.54) is 0 Å². The second-order valence-corrected chi connectivity index (χ2v) is 8.62. The summed E-state index contributed by atoms with van der Waals surface area (Å²) >= 11 is 0. The molecule has 0 aromatic heterocycles. The van der Waals surface area contributed by atoms with Crippen LogP contribution < -0.4 is 5.19 Å². The molecule has 126 valence electrons. The summed E-state index contributed by atoms with van der Waals surface area (Å²) in [6.45, 7) is 1.76. The smallest absolute Gasteiger partial charge is 0.417 e. The van der Waals surface area contributed by atoms with Crippen LogP contribution in [0.3, 0.4) is 0 Å². The van der Waals surface area contributed by atoms with E-state index < -0.39 is 48.7 Å². The lowest BCUT2D eigenvalue weighted by Crippen LogP contribution is -2.47. The van der Waals surface area contributed by atoms with Gasteiger partial charge in [-0.3, -0.25) is 0 Å². The Labute approximate surface area is 119 Å². The molecule has 0 saturated heterocycles. The van der Waals surface area contributed by atoms with Crippen molar-refractivity contribution in [2.45, 2.75) is 31.6 Å². The largest absolute Gasteiger partial charge is 0.428 e. The predicted molar refractivity (Wildman–Crippen MR) is 60.8 cm³/mol. The van der Waals surface area contributed by atoms with Gasteiger partial charge in [0.1, 0.15) is 0 Å². The molecule has 1 nitrogen and oxygen atoms in total. The van der Waals surface area contributed by atoms with Crippen LogP contribution in [0, 0.1) is 0 Å². The maximum absolute atomic E-state index is 13.0. The number of benzene rings is 1. The minimum absolute atomic E-state index is 0.0850. The zero-order chi connectivity index (χ0) is 17.7. The van der Waals surface area contributed by atoms with Crippen LogP contribution in [0.15, 0.2) is 12.1 Å². The highest BCUT2D eigenvalue weighted by molar-refractivity contribution is 6.83. The summed E-state index contributed by atoms with van der Waals surface area (Å²) in [5.41, 5.74) is -7.73. The van der Waals surface area contributed by atoms with Gasteiger partial charge in [0.2, 0.25) is 8.32 Å². The zero-order valence-corrected chi connectivity index (χ0v) is 12.0. The molecule has 0 bridgehead atoms. The SMILES string of the molecule is C[Si](C)(O)c1ccc(C(F)(F)F)c(C(F)(F)F)c1C(F)(F)F. The van der Waals surface area contributed by atoms with Crippen LogP contribution in [0.5, 0.6) is 0 Å². The topological polar surface area (TPSA) is 20.2 Å². The summed E-state index contributed by atoms with van der Waals surface area (Å²) in [5, 5.41) is -1.15. The van der Waals surface area contributed by atoms with Gasteiger partial charge in [0.15, 0.2) is 0 Å². The lowest BCUT2D eigenvalue weighted by molar-refractivity contribution is -0.174. The molecule has 0 aliphatic heterocycles. The molecule has 0 atom stereocenters. The van der Waals surface area contributed by atoms with Gasteiger partial charge in [-0.15, -0.1) is 0 Å². The summed E-state index contributed by atoms with van der Waals surface area (Å²) in [6, 6.07) is 0.172. The van der Waals surface area contributed by atoms with Crippen LogP contribution in [0.2, 0.25) is 13.1 Å². The number of alkyl halides is 9. The van der Waals surface area contributed by atoms with Crippen LogP contribution in [0.1, 0.15) is 16.7 Å². The van der Waals surface area contributed by atoms with Crippen molar-refractivity contribution >= 4 is 13.5 Å². The van der Waals surface area contributed by atoms with Gasteiger partial charge < -0.3 is 4.80 Å². The van der Waals surface area contributed by atoms with Crippen molar-refractivity contribution in [2.75, 3.05) is 0 Å². The van der Waals surface area contributed by atoms with E-state index in [1.807, 2.05) is 0 Å². The van der Waals surface area contributed by atoms with Gasteiger partial charge in [0.25, 0.3) is 0 Å². The van der Waals surface area contributed by atoms with Crippen molar-refractivity contribution < 1.29 is 44.3 Å². The molecule has 0 amide bonds. The quantitative estimate of drug-likeness (QED) is 0.592. The van der Waals surface area contributed by atoms with E-state index in [0.717, 1.165) is 13.1 Å². The first kappa shape index (κ1) is 18.8. The highest BCUT2D eigenvalue weighted by Gasteiger charge is 2.52. The highest BCUT2D eigenvalue weighted by Crippen LogP contribution is 2.46. The van der Waals surface area contributed by atoms with E-state index in [1.54, 1.807) is 0 Å². The Morgan fingerprint density at radius 2 is 1.14 bits per heavy atom. The van der Waals surface area contributed by atoms with E-state index in [-0.39, 0.29) is 12.1 Å². The van der Waals surface area contributed by atoms with Gasteiger partial charge in [-0.2, -0.15) is 39.5 Å². The second-order valence-electron chi connectivity index (χ2n) is 4.96. The average Bonchev–Trinajstić information content (AvgIpc) is 2.22. The molecular formula is C11H9F9OSi. The Morgan fingerprint density at radius 1 is 0.727 bits per heavy atom. The summed E-state index contributed by atoms with van der Waals surface area (Å²) < 4.78 is 116. The summed E-state index contributed by atoms with van der Waals surface area (Å²) in [6.07, 6.45) is -17.2. The lowest BCUT2D eigenvalue weighted by Gasteiger charge is -2.27. The van der Waals surface area contributed by atoms with Crippen molar-refractivity contribution in [3.05, 3.63) is 28.8 Å². The van der Waals surface area contributed by atoms with Crippen LogP contribution in [0.25, 0.3) is 0 Å². The Bertz CT molecular complexity index is 512. The first-order chi connectivity index (χ1) is 9.47. The minimum atomic E-state index is -5.88. The summed E-state index contributed by atoms with van der Waals surface area (Å²) in [7, 11) is -3.97. The van der Waals surface area contributed by atoms with Gasteiger partial charge in [0, 0.05) is 0 Å². The third kappa shape index (κ3) is 3.75. The fourth-order valence-corrected chi connectivity index (χ4v) is 3.31. The highest BCUT2D eigenvalue weighted by atomic mass is 28.4. The molecule has 0 saturated carbocycles. The normalized spacial score (nSPS) is 14.4. The number of rotatable bonds is 1. The monoisotopic (exact) mass is 356 g/mol. The molecular weight excluding hydrogens is 347 g/mol. The zero-order valence-electron chi connectivity index (χ0n) is 11.0. The van der Waals surface area contributed by atoms with Gasteiger partial charge >= 0.3 is 18.5 Å². The molecule has 1 N–H and O–H groups in total. The molecule has 1 aromatic carbocycles. The Morgan fingerprint density at radius 3 is 1.41 bits per heavy atom. The van der Waals surface area contributed by atoms with E-state index in [0.29, 0.717) is 0 Å². The molecule has 1 rings (SSSR count). The summed E-state index contributed by atoms with van der Waals surface area (Å²) in [5.74, 6) is 0. The number of halogens is 9. The van der Waals surface area contributed by atoms with Crippen molar-refractivity contribution in [3.63, 3.8) is 0 Å². The molecule has 0 aliphatic rings. The third-order valence-corrected chi connectivity index (χ3v) is 4.47. The molecule has 11 heteroatoms. The van der Waals surface area contributed by atoms with E-state index >= 15 is 0 Å². The van der Waals surface area contributed by atoms with Crippen molar-refractivity contribution in [1.29, 1.82) is 0 Å². The predicted octanol–water partition coefficient (Wildman–Crippen LogP) is 4.15. The fraction of sp³-hybridized carbons (Fsp3) is 0.455. The van der Waals surface area contributed by atoms with Crippen LogP contribution in [-0.4, -0.2) is 13.1 Å². The van der Waals surface area contributed by atoms with Gasteiger partial charge in [-0.1, -0.05) is 6.07 Å². The molecule has 0 heterocycles. The fourth-order valence-electron chi connectivity index (χ4n) is 1.94. The molecule has 0 aliphatic carbocycles. The summed E-state index contributed by atoms with van der Waals surface area (Å²) in [4.78, 5) is 9.71. The van der Waals surface area contributed by atoms with Crippen LogP contribution in [0.4, 0.5) is 39.5 Å². The van der Waals surface area contributed by atoms with Gasteiger partial charge in [-0.25, -0.2) is 0 Å². The van der Waals surface area contributed by atoms with Gasteiger partial charge in [0.05, 0.1) is 16.7 Å². The average molecular weight is 356 g/mol. The number of hydrogen-bond acceptors (Lipinski definition) is 1. The van der Waals surface area contributed by atoms with Gasteiger partial charge in [-0.05, 0) is 24.3 Å². The van der Waals surface area contributed by atoms with E-state index in [2.05, 4.69) is 0 Å². The van der Waals surface area contributed by atoms with Crippen molar-refractivity contribution in [2.24, 2.45) is 0 Å². The lowest BCUT2D eigenvalue weighted by atomic mass is 9.99. The maximum Gasteiger partial charge on any atom is 0.417 e. The molecule has 1 aromatic rings. The Hall–Kier alpha value is -1.23. The molecule has 22 heavy (non-hydrogen) atoms. The third-order valence-electron chi connectivity index (χ3n) is 2.74. The minimum Gasteiger partial charge on any atom is -0.428 e. The molecule has 0 fully saturated rings. The van der Waals surface area contributed by atoms with E-state index in [9.17, 15) is 44.3 Å². The second kappa shape index (κ2) is 5.15.